The van der Waals surface area contributed by atoms with E-state index < -0.39 is 0 Å². The van der Waals surface area contributed by atoms with Gasteiger partial charge in [0.25, 0.3) is 0 Å². The van der Waals surface area contributed by atoms with Crippen molar-refractivity contribution in [1.29, 1.82) is 0 Å². The normalized spacial score (nSPS) is 27.4. The molecule has 3 nitrogen and oxygen atoms in total. The molecule has 0 bridgehead atoms. The maximum absolute atomic E-state index is 6.11. The molecular weight excluding hydrogens is 324 g/mol. The Bertz CT molecular complexity index is 475. The molecule has 4 atom stereocenters. The molecule has 21 heavy (non-hydrogen) atoms. The molecule has 1 aromatic carbocycles. The standard InChI is InChI=1S/C15H23ClN2OS2/c1-9-10(2)21-15(8-20-9)13(18-17)7-11-6-12(16)4-5-14(11)19-3/h4-6,9-10,13,15,18H,7-8,17H2,1-3H3. The second kappa shape index (κ2) is 7.97. The first-order valence-corrected chi connectivity index (χ1v) is 9.47. The minimum absolute atomic E-state index is 0.213. The molecule has 1 aromatic rings. The summed E-state index contributed by atoms with van der Waals surface area (Å²) in [7, 11) is 1.69. The van der Waals surface area contributed by atoms with Crippen LogP contribution in [0.25, 0.3) is 0 Å². The van der Waals surface area contributed by atoms with E-state index in [1.54, 1.807) is 7.11 Å². The fourth-order valence-corrected chi connectivity index (χ4v) is 5.77. The molecule has 0 radical (unpaired) electrons. The number of hydrogen-bond acceptors (Lipinski definition) is 5. The fraction of sp³-hybridized carbons (Fsp3) is 0.600. The number of ether oxygens (including phenoxy) is 1. The Morgan fingerprint density at radius 1 is 1.43 bits per heavy atom. The zero-order chi connectivity index (χ0) is 15.4. The van der Waals surface area contributed by atoms with Crippen LogP contribution in [0, 0.1) is 0 Å². The first-order chi connectivity index (χ1) is 10.0. The number of nitrogens with two attached hydrogens (primary N) is 1. The van der Waals surface area contributed by atoms with Gasteiger partial charge in [0, 0.05) is 32.6 Å². The van der Waals surface area contributed by atoms with E-state index in [9.17, 15) is 0 Å². The summed E-state index contributed by atoms with van der Waals surface area (Å²) in [4.78, 5) is 0. The van der Waals surface area contributed by atoms with Crippen LogP contribution in [0.15, 0.2) is 18.2 Å². The van der Waals surface area contributed by atoms with Crippen molar-refractivity contribution in [3.63, 3.8) is 0 Å². The van der Waals surface area contributed by atoms with Crippen molar-refractivity contribution < 1.29 is 4.74 Å². The highest BCUT2D eigenvalue weighted by Gasteiger charge is 2.31. The van der Waals surface area contributed by atoms with Crippen LogP contribution in [0.5, 0.6) is 5.75 Å². The predicted octanol–water partition coefficient (Wildman–Crippen LogP) is 3.35. The Kier molecular flexibility index (Phi) is 6.56. The summed E-state index contributed by atoms with van der Waals surface area (Å²) in [6.45, 7) is 4.59. The summed E-state index contributed by atoms with van der Waals surface area (Å²) in [6, 6.07) is 5.95. The number of thioether (sulfide) groups is 2. The van der Waals surface area contributed by atoms with Gasteiger partial charge in [-0.2, -0.15) is 23.5 Å². The van der Waals surface area contributed by atoms with Crippen LogP contribution in [-0.4, -0.2) is 34.7 Å². The van der Waals surface area contributed by atoms with Crippen LogP contribution in [0.2, 0.25) is 5.02 Å². The monoisotopic (exact) mass is 346 g/mol. The lowest BCUT2D eigenvalue weighted by molar-refractivity contribution is 0.404. The average molecular weight is 347 g/mol. The van der Waals surface area contributed by atoms with Gasteiger partial charge < -0.3 is 4.74 Å². The molecule has 0 amide bonds. The van der Waals surface area contributed by atoms with Crippen molar-refractivity contribution in [2.45, 2.75) is 42.1 Å². The highest BCUT2D eigenvalue weighted by atomic mass is 35.5. The molecule has 1 fully saturated rings. The molecule has 1 saturated heterocycles. The van der Waals surface area contributed by atoms with Gasteiger partial charge in [0.2, 0.25) is 0 Å². The number of nitrogens with one attached hydrogen (secondary N) is 1. The van der Waals surface area contributed by atoms with Crippen molar-refractivity contribution in [1.82, 2.24) is 5.43 Å². The molecule has 118 valence electrons. The lowest BCUT2D eigenvalue weighted by Crippen LogP contribution is -2.47. The number of halogens is 1. The third-order valence-electron chi connectivity index (χ3n) is 3.92. The van der Waals surface area contributed by atoms with Crippen LogP contribution in [0.4, 0.5) is 0 Å². The zero-order valence-electron chi connectivity index (χ0n) is 12.6. The van der Waals surface area contributed by atoms with E-state index >= 15 is 0 Å². The minimum Gasteiger partial charge on any atom is -0.496 e. The lowest BCUT2D eigenvalue weighted by Gasteiger charge is -2.35. The summed E-state index contributed by atoms with van der Waals surface area (Å²) in [6.07, 6.45) is 0.819. The topological polar surface area (TPSA) is 47.3 Å². The molecule has 2 rings (SSSR count). The second-order valence-electron chi connectivity index (χ2n) is 5.35. The first-order valence-electron chi connectivity index (χ1n) is 7.10. The van der Waals surface area contributed by atoms with Crippen LogP contribution in [-0.2, 0) is 6.42 Å². The molecular formula is C15H23ClN2OS2. The number of hydrogen-bond donors (Lipinski definition) is 2. The van der Waals surface area contributed by atoms with E-state index in [0.29, 0.717) is 15.7 Å². The molecule has 1 aliphatic heterocycles. The SMILES string of the molecule is COc1ccc(Cl)cc1CC(NN)C1CSC(C)C(C)S1. The maximum atomic E-state index is 6.11. The van der Waals surface area contributed by atoms with E-state index in [0.717, 1.165) is 28.5 Å². The Labute approximate surface area is 140 Å². The summed E-state index contributed by atoms with van der Waals surface area (Å²) in [5.74, 6) is 7.80. The third kappa shape index (κ3) is 4.45. The van der Waals surface area contributed by atoms with Gasteiger partial charge in [-0.3, -0.25) is 11.3 Å². The summed E-state index contributed by atoms with van der Waals surface area (Å²) in [5, 5.41) is 2.57. The number of hydrazine groups is 1. The van der Waals surface area contributed by atoms with E-state index in [2.05, 4.69) is 19.3 Å². The van der Waals surface area contributed by atoms with Crippen molar-refractivity contribution in [2.24, 2.45) is 5.84 Å². The first kappa shape index (κ1) is 17.3. The highest BCUT2D eigenvalue weighted by molar-refractivity contribution is 8.07. The Hall–Kier alpha value is -0.0700. The van der Waals surface area contributed by atoms with Crippen molar-refractivity contribution in [3.8, 4) is 5.75 Å². The second-order valence-corrected chi connectivity index (χ2v) is 8.82. The molecule has 1 heterocycles. The van der Waals surface area contributed by atoms with Gasteiger partial charge in [-0.1, -0.05) is 25.4 Å². The van der Waals surface area contributed by atoms with Crippen molar-refractivity contribution in [3.05, 3.63) is 28.8 Å². The molecule has 4 unspecified atom stereocenters. The molecule has 6 heteroatoms. The van der Waals surface area contributed by atoms with Crippen LogP contribution >= 0.6 is 35.1 Å². The number of rotatable bonds is 5. The van der Waals surface area contributed by atoms with Gasteiger partial charge in [-0.25, -0.2) is 0 Å². The van der Waals surface area contributed by atoms with E-state index in [1.165, 1.54) is 0 Å². The van der Waals surface area contributed by atoms with E-state index in [4.69, 9.17) is 22.2 Å². The molecule has 0 aromatic heterocycles. The van der Waals surface area contributed by atoms with Gasteiger partial charge >= 0.3 is 0 Å². The summed E-state index contributed by atoms with van der Waals surface area (Å²) >= 11 is 10.2. The summed E-state index contributed by atoms with van der Waals surface area (Å²) in [5.41, 5.74) is 4.10. The number of methoxy groups -OCH3 is 1. The molecule has 3 N–H and O–H groups in total. The van der Waals surface area contributed by atoms with Gasteiger partial charge in [-0.05, 0) is 30.2 Å². The largest absolute Gasteiger partial charge is 0.496 e. The Morgan fingerprint density at radius 3 is 2.81 bits per heavy atom. The van der Waals surface area contributed by atoms with E-state index in [-0.39, 0.29) is 6.04 Å². The fourth-order valence-electron chi connectivity index (χ4n) is 2.46. The predicted molar refractivity (Wildman–Crippen MR) is 95.6 cm³/mol. The van der Waals surface area contributed by atoms with Gasteiger partial charge in [0.1, 0.15) is 5.75 Å². The minimum atomic E-state index is 0.213. The van der Waals surface area contributed by atoms with E-state index in [1.807, 2.05) is 41.7 Å². The quantitative estimate of drug-likeness (QED) is 0.632. The van der Waals surface area contributed by atoms with Crippen LogP contribution in [0.3, 0.4) is 0 Å². The third-order valence-corrected chi connectivity index (χ3v) is 7.71. The van der Waals surface area contributed by atoms with Gasteiger partial charge in [0.05, 0.1) is 7.11 Å². The van der Waals surface area contributed by atoms with Gasteiger partial charge in [0.15, 0.2) is 0 Å². The van der Waals surface area contributed by atoms with Crippen molar-refractivity contribution in [2.75, 3.05) is 12.9 Å². The number of benzene rings is 1. The molecule has 1 aliphatic rings. The van der Waals surface area contributed by atoms with Crippen LogP contribution in [0.1, 0.15) is 19.4 Å². The highest BCUT2D eigenvalue weighted by Crippen LogP contribution is 2.38. The Morgan fingerprint density at radius 2 is 2.19 bits per heavy atom. The lowest BCUT2D eigenvalue weighted by atomic mass is 10.0. The van der Waals surface area contributed by atoms with Gasteiger partial charge in [-0.15, -0.1) is 0 Å². The smallest absolute Gasteiger partial charge is 0.122 e. The molecule has 0 spiro atoms. The molecule has 0 aliphatic carbocycles. The van der Waals surface area contributed by atoms with Crippen LogP contribution < -0.4 is 16.0 Å². The van der Waals surface area contributed by atoms with Crippen molar-refractivity contribution >= 4 is 35.1 Å². The zero-order valence-corrected chi connectivity index (χ0v) is 15.0. The average Bonchev–Trinajstić information content (AvgIpc) is 2.48. The Balaban J connectivity index is 2.10. The maximum Gasteiger partial charge on any atom is 0.122 e. The summed E-state index contributed by atoms with van der Waals surface area (Å²) < 4.78 is 5.43. The molecule has 0 saturated carbocycles.